The van der Waals surface area contributed by atoms with Gasteiger partial charge in [0.15, 0.2) is 5.78 Å². The van der Waals surface area contributed by atoms with Gasteiger partial charge in [-0.25, -0.2) is 13.2 Å². The second kappa shape index (κ2) is 7.84. The lowest BCUT2D eigenvalue weighted by atomic mass is 10.1. The Balaban J connectivity index is 1.96. The zero-order chi connectivity index (χ0) is 22.2. The molecule has 0 fully saturated rings. The third-order valence-corrected chi connectivity index (χ3v) is 6.85. The van der Waals surface area contributed by atoms with E-state index in [1.165, 1.54) is 39.5 Å². The summed E-state index contributed by atoms with van der Waals surface area (Å²) in [6, 6.07) is 9.48. The summed E-state index contributed by atoms with van der Waals surface area (Å²) in [6.07, 6.45) is 0. The lowest BCUT2D eigenvalue weighted by molar-refractivity contribution is -0.384. The van der Waals surface area contributed by atoms with Crippen molar-refractivity contribution in [3.63, 3.8) is 0 Å². The van der Waals surface area contributed by atoms with Crippen LogP contribution in [0, 0.1) is 10.1 Å². The molecule has 0 bridgehead atoms. The van der Waals surface area contributed by atoms with Crippen LogP contribution in [0.15, 0.2) is 52.2 Å². The molecule has 3 rings (SSSR count). The van der Waals surface area contributed by atoms with Crippen LogP contribution in [0.25, 0.3) is 11.0 Å². The van der Waals surface area contributed by atoms with Gasteiger partial charge in [-0.2, -0.15) is 4.31 Å². The number of rotatable bonds is 7. The van der Waals surface area contributed by atoms with Gasteiger partial charge in [0.1, 0.15) is 0 Å². The number of benzene rings is 2. The summed E-state index contributed by atoms with van der Waals surface area (Å²) in [6.45, 7) is 1.15. The zero-order valence-corrected chi connectivity index (χ0v) is 17.4. The van der Waals surface area contributed by atoms with Gasteiger partial charge in [0.25, 0.3) is 5.69 Å². The van der Waals surface area contributed by atoms with Gasteiger partial charge in [-0.15, -0.1) is 0 Å². The van der Waals surface area contributed by atoms with Crippen molar-refractivity contribution in [3.8, 4) is 0 Å². The molecule has 0 aliphatic heterocycles. The number of carbonyl (C=O) groups is 1. The summed E-state index contributed by atoms with van der Waals surface area (Å²) in [5, 5.41) is 10.9. The van der Waals surface area contributed by atoms with E-state index in [2.05, 4.69) is 0 Å². The maximum absolute atomic E-state index is 13.1. The number of aryl methyl sites for hydroxylation is 2. The van der Waals surface area contributed by atoms with E-state index in [0.717, 1.165) is 10.4 Å². The number of nitrogens with zero attached hydrogens (tertiary/aromatic N) is 4. The van der Waals surface area contributed by atoms with Crippen molar-refractivity contribution in [2.75, 3.05) is 13.1 Å². The fraction of sp³-hybridized carbons (Fsp3) is 0.263. The Morgan fingerprint density at radius 2 is 1.77 bits per heavy atom. The molecular weight excluding hydrogens is 412 g/mol. The topological polar surface area (TPSA) is 125 Å². The van der Waals surface area contributed by atoms with Gasteiger partial charge in [0, 0.05) is 38.3 Å². The molecule has 0 amide bonds. The molecular formula is C19H20N4O6S. The molecule has 0 aliphatic carbocycles. The van der Waals surface area contributed by atoms with Crippen LogP contribution in [0.5, 0.6) is 0 Å². The van der Waals surface area contributed by atoms with Crippen molar-refractivity contribution in [1.29, 1.82) is 0 Å². The fourth-order valence-electron chi connectivity index (χ4n) is 3.21. The summed E-state index contributed by atoms with van der Waals surface area (Å²) in [5.74, 6) is -0.558. The van der Waals surface area contributed by atoms with Gasteiger partial charge in [-0.05, 0) is 18.2 Å². The number of ketones is 1. The number of hydrogen-bond donors (Lipinski definition) is 0. The van der Waals surface area contributed by atoms with Crippen LogP contribution in [0.3, 0.4) is 0 Å². The normalized spacial score (nSPS) is 11.9. The Morgan fingerprint density at radius 1 is 1.10 bits per heavy atom. The second-order valence-electron chi connectivity index (χ2n) is 6.71. The lowest BCUT2D eigenvalue weighted by Gasteiger charge is -2.20. The van der Waals surface area contributed by atoms with E-state index < -0.39 is 27.3 Å². The maximum atomic E-state index is 13.1. The molecule has 0 unspecified atom stereocenters. The molecule has 0 radical (unpaired) electrons. The molecule has 0 saturated heterocycles. The van der Waals surface area contributed by atoms with Crippen LogP contribution < -0.4 is 5.69 Å². The number of hydrogen-bond acceptors (Lipinski definition) is 6. The molecule has 30 heavy (non-hydrogen) atoms. The van der Waals surface area contributed by atoms with Crippen molar-refractivity contribution in [2.45, 2.75) is 11.8 Å². The van der Waals surface area contributed by atoms with Crippen LogP contribution in [0.1, 0.15) is 17.3 Å². The van der Waals surface area contributed by atoms with Crippen molar-refractivity contribution >= 4 is 32.5 Å². The lowest BCUT2D eigenvalue weighted by Crippen LogP contribution is -2.35. The van der Waals surface area contributed by atoms with Crippen molar-refractivity contribution in [3.05, 3.63) is 68.6 Å². The maximum Gasteiger partial charge on any atom is 0.328 e. The highest BCUT2D eigenvalue weighted by atomic mass is 32.2. The van der Waals surface area contributed by atoms with Crippen LogP contribution >= 0.6 is 0 Å². The van der Waals surface area contributed by atoms with Crippen molar-refractivity contribution < 1.29 is 18.1 Å². The summed E-state index contributed by atoms with van der Waals surface area (Å²) in [5.41, 5.74) is 0.551. The molecule has 0 spiro atoms. The highest BCUT2D eigenvalue weighted by Gasteiger charge is 2.27. The standard InChI is InChI=1S/C19H20N4O6S/c1-4-22(12-18(24)13-6-5-7-14(10-13)23(26)27)30(28,29)15-8-9-16-17(11-15)21(3)19(25)20(16)2/h5-11H,4,12H2,1-3H3. The number of imidazole rings is 1. The van der Waals surface area contributed by atoms with Gasteiger partial charge in [-0.3, -0.25) is 24.0 Å². The molecule has 0 aliphatic rings. The van der Waals surface area contributed by atoms with Gasteiger partial charge in [0.2, 0.25) is 10.0 Å². The van der Waals surface area contributed by atoms with Gasteiger partial charge in [0.05, 0.1) is 27.4 Å². The third-order valence-electron chi connectivity index (χ3n) is 4.93. The number of nitro benzene ring substituents is 1. The average molecular weight is 432 g/mol. The van der Waals surface area contributed by atoms with Gasteiger partial charge in [-0.1, -0.05) is 19.1 Å². The number of Topliss-reactive ketones (excluding diaryl/α,β-unsaturated/α-hetero) is 1. The van der Waals surface area contributed by atoms with Crippen molar-refractivity contribution in [2.24, 2.45) is 14.1 Å². The first-order valence-corrected chi connectivity index (χ1v) is 10.4. The predicted molar refractivity (Wildman–Crippen MR) is 110 cm³/mol. The number of nitro groups is 1. The molecule has 0 saturated carbocycles. The summed E-state index contributed by atoms with van der Waals surface area (Å²) >= 11 is 0. The molecule has 0 atom stereocenters. The highest BCUT2D eigenvalue weighted by molar-refractivity contribution is 7.89. The van der Waals surface area contributed by atoms with E-state index in [1.54, 1.807) is 27.1 Å². The quantitative estimate of drug-likeness (QED) is 0.318. The Hall–Kier alpha value is -3.31. The number of carbonyl (C=O) groups excluding carboxylic acids is 1. The minimum atomic E-state index is -4.04. The summed E-state index contributed by atoms with van der Waals surface area (Å²) < 4.78 is 30.0. The second-order valence-corrected chi connectivity index (χ2v) is 8.65. The molecule has 1 aromatic heterocycles. The van der Waals surface area contributed by atoms with Crippen LogP contribution in [0.2, 0.25) is 0 Å². The van der Waals surface area contributed by atoms with Crippen molar-refractivity contribution in [1.82, 2.24) is 13.4 Å². The Bertz CT molecular complexity index is 1320. The monoisotopic (exact) mass is 432 g/mol. The number of sulfonamides is 1. The molecule has 3 aromatic rings. The molecule has 1 heterocycles. The minimum absolute atomic E-state index is 0.0226. The van der Waals surface area contributed by atoms with E-state index in [0.29, 0.717) is 11.0 Å². The Morgan fingerprint density at radius 3 is 2.40 bits per heavy atom. The number of non-ortho nitro benzene ring substituents is 1. The van der Waals surface area contributed by atoms with E-state index in [9.17, 15) is 28.1 Å². The molecule has 2 aromatic carbocycles. The Kier molecular flexibility index (Phi) is 5.59. The third kappa shape index (κ3) is 3.64. The highest BCUT2D eigenvalue weighted by Crippen LogP contribution is 2.22. The van der Waals surface area contributed by atoms with E-state index in [1.807, 2.05) is 0 Å². The summed E-state index contributed by atoms with van der Waals surface area (Å²) in [7, 11) is -0.900. The first-order chi connectivity index (χ1) is 14.1. The average Bonchev–Trinajstić information content (AvgIpc) is 2.95. The zero-order valence-electron chi connectivity index (χ0n) is 16.6. The SMILES string of the molecule is CCN(CC(=O)c1cccc([N+](=O)[O-])c1)S(=O)(=O)c1ccc2c(c1)n(C)c(=O)n2C. The van der Waals surface area contributed by atoms with E-state index >= 15 is 0 Å². The van der Waals surface area contributed by atoms with Crippen LogP contribution in [-0.4, -0.2) is 45.7 Å². The largest absolute Gasteiger partial charge is 0.328 e. The summed E-state index contributed by atoms with van der Waals surface area (Å²) in [4.78, 5) is 34.9. The minimum Gasteiger partial charge on any atom is -0.295 e. The van der Waals surface area contributed by atoms with Crippen LogP contribution in [-0.2, 0) is 24.1 Å². The number of aromatic nitrogens is 2. The van der Waals surface area contributed by atoms with E-state index in [4.69, 9.17) is 0 Å². The van der Waals surface area contributed by atoms with Gasteiger partial charge >= 0.3 is 5.69 Å². The first kappa shape index (κ1) is 21.4. The Labute approximate surface area is 172 Å². The fourth-order valence-corrected chi connectivity index (χ4v) is 4.63. The van der Waals surface area contributed by atoms with E-state index in [-0.39, 0.29) is 28.4 Å². The van der Waals surface area contributed by atoms with Crippen LogP contribution in [0.4, 0.5) is 5.69 Å². The predicted octanol–water partition coefficient (Wildman–Crippen LogP) is 1.68. The molecule has 10 nitrogen and oxygen atoms in total. The molecule has 11 heteroatoms. The molecule has 158 valence electrons. The number of likely N-dealkylation sites (N-methyl/N-ethyl adjacent to an activating group) is 1. The number of fused-ring (bicyclic) bond motifs is 1. The van der Waals surface area contributed by atoms with Gasteiger partial charge < -0.3 is 0 Å². The smallest absolute Gasteiger partial charge is 0.295 e. The first-order valence-electron chi connectivity index (χ1n) is 9.01. The molecule has 0 N–H and O–H groups in total.